The first kappa shape index (κ1) is 9.53. The normalized spacial score (nSPS) is 14.7. The first-order valence-corrected chi connectivity index (χ1v) is 5.26. The third-order valence-corrected chi connectivity index (χ3v) is 2.64. The maximum Gasteiger partial charge on any atom is 0.125 e. The number of hydrogen-bond donors (Lipinski definition) is 1. The van der Waals surface area contributed by atoms with E-state index in [9.17, 15) is 0 Å². The van der Waals surface area contributed by atoms with E-state index in [0.29, 0.717) is 6.54 Å². The molecular formula is C12H17NO. The van der Waals surface area contributed by atoms with Crippen LogP contribution < -0.4 is 10.5 Å². The molecule has 2 rings (SSSR count). The average molecular weight is 191 g/mol. The molecule has 0 atom stereocenters. The van der Waals surface area contributed by atoms with Gasteiger partial charge in [0.2, 0.25) is 0 Å². The predicted octanol–water partition coefficient (Wildman–Crippen LogP) is 1.82. The lowest BCUT2D eigenvalue weighted by Crippen LogP contribution is -2.13. The highest BCUT2D eigenvalue weighted by Gasteiger charge is 2.14. The molecule has 1 aliphatic rings. The fourth-order valence-electron chi connectivity index (χ4n) is 2.08. The van der Waals surface area contributed by atoms with Crippen molar-refractivity contribution >= 4 is 0 Å². The number of nitrogens with two attached hydrogens (primary N) is 1. The smallest absolute Gasteiger partial charge is 0.125 e. The van der Waals surface area contributed by atoms with Crippen LogP contribution in [0.5, 0.6) is 5.75 Å². The Morgan fingerprint density at radius 3 is 3.07 bits per heavy atom. The van der Waals surface area contributed by atoms with Gasteiger partial charge in [-0.15, -0.1) is 0 Å². The molecule has 0 aromatic heterocycles. The van der Waals surface area contributed by atoms with E-state index in [1.54, 1.807) is 0 Å². The SMILES string of the molecule is Cc1cc(CCN)c2c(c1)CCCO2. The van der Waals surface area contributed by atoms with Crippen molar-refractivity contribution in [2.24, 2.45) is 5.73 Å². The second-order valence-corrected chi connectivity index (χ2v) is 3.90. The van der Waals surface area contributed by atoms with Crippen molar-refractivity contribution in [1.82, 2.24) is 0 Å². The molecule has 0 saturated carbocycles. The van der Waals surface area contributed by atoms with Gasteiger partial charge in [0.05, 0.1) is 6.61 Å². The molecule has 0 fully saturated rings. The average Bonchev–Trinajstić information content (AvgIpc) is 2.18. The Morgan fingerprint density at radius 2 is 2.29 bits per heavy atom. The zero-order valence-electron chi connectivity index (χ0n) is 8.68. The summed E-state index contributed by atoms with van der Waals surface area (Å²) in [7, 11) is 0. The van der Waals surface area contributed by atoms with Crippen LogP contribution in [0.15, 0.2) is 12.1 Å². The van der Waals surface area contributed by atoms with E-state index in [4.69, 9.17) is 10.5 Å². The summed E-state index contributed by atoms with van der Waals surface area (Å²) in [6.07, 6.45) is 3.21. The van der Waals surface area contributed by atoms with Crippen molar-refractivity contribution < 1.29 is 4.74 Å². The van der Waals surface area contributed by atoms with Gasteiger partial charge in [0.15, 0.2) is 0 Å². The van der Waals surface area contributed by atoms with Gasteiger partial charge in [-0.2, -0.15) is 0 Å². The van der Waals surface area contributed by atoms with Crippen LogP contribution in [0.25, 0.3) is 0 Å². The molecule has 0 spiro atoms. The minimum atomic E-state index is 0.694. The third kappa shape index (κ3) is 1.75. The first-order valence-electron chi connectivity index (χ1n) is 5.26. The molecule has 0 saturated heterocycles. The molecule has 0 radical (unpaired) electrons. The fourth-order valence-corrected chi connectivity index (χ4v) is 2.08. The Hall–Kier alpha value is -1.02. The molecule has 1 aromatic carbocycles. The van der Waals surface area contributed by atoms with Gasteiger partial charge in [-0.3, -0.25) is 0 Å². The van der Waals surface area contributed by atoms with Gasteiger partial charge in [0, 0.05) is 0 Å². The lowest BCUT2D eigenvalue weighted by atomic mass is 9.98. The van der Waals surface area contributed by atoms with E-state index >= 15 is 0 Å². The van der Waals surface area contributed by atoms with Gasteiger partial charge in [0.25, 0.3) is 0 Å². The molecule has 2 nitrogen and oxygen atoms in total. The molecule has 14 heavy (non-hydrogen) atoms. The Kier molecular flexibility index (Phi) is 2.73. The Balaban J connectivity index is 2.41. The van der Waals surface area contributed by atoms with Crippen molar-refractivity contribution in [1.29, 1.82) is 0 Å². The summed E-state index contributed by atoms with van der Waals surface area (Å²) in [5.74, 6) is 1.10. The number of aryl methyl sites for hydroxylation is 2. The summed E-state index contributed by atoms with van der Waals surface area (Å²) >= 11 is 0. The predicted molar refractivity (Wildman–Crippen MR) is 57.8 cm³/mol. The van der Waals surface area contributed by atoms with Crippen LogP contribution in [0, 0.1) is 6.92 Å². The largest absolute Gasteiger partial charge is 0.493 e. The van der Waals surface area contributed by atoms with Crippen LogP contribution in [-0.2, 0) is 12.8 Å². The summed E-state index contributed by atoms with van der Waals surface area (Å²) in [5.41, 5.74) is 9.55. The van der Waals surface area contributed by atoms with Gasteiger partial charge in [-0.05, 0) is 43.9 Å². The molecular weight excluding hydrogens is 174 g/mol. The number of fused-ring (bicyclic) bond motifs is 1. The van der Waals surface area contributed by atoms with Crippen molar-refractivity contribution in [2.45, 2.75) is 26.2 Å². The Bertz CT molecular complexity index is 333. The molecule has 1 heterocycles. The molecule has 2 N–H and O–H groups in total. The second kappa shape index (κ2) is 4.01. The molecule has 2 heteroatoms. The van der Waals surface area contributed by atoms with Gasteiger partial charge >= 0.3 is 0 Å². The molecule has 0 unspecified atom stereocenters. The zero-order chi connectivity index (χ0) is 9.97. The van der Waals surface area contributed by atoms with Crippen molar-refractivity contribution in [3.63, 3.8) is 0 Å². The van der Waals surface area contributed by atoms with E-state index in [2.05, 4.69) is 19.1 Å². The van der Waals surface area contributed by atoms with Crippen molar-refractivity contribution in [2.75, 3.05) is 13.2 Å². The maximum atomic E-state index is 5.71. The van der Waals surface area contributed by atoms with Crippen LogP contribution >= 0.6 is 0 Å². The summed E-state index contributed by atoms with van der Waals surface area (Å²) in [4.78, 5) is 0. The molecule has 0 amide bonds. The summed E-state index contributed by atoms with van der Waals surface area (Å²) in [5, 5.41) is 0. The van der Waals surface area contributed by atoms with Crippen molar-refractivity contribution in [3.05, 3.63) is 28.8 Å². The molecule has 1 aliphatic heterocycles. The highest BCUT2D eigenvalue weighted by molar-refractivity contribution is 5.45. The van der Waals surface area contributed by atoms with E-state index in [-0.39, 0.29) is 0 Å². The number of benzene rings is 1. The maximum absolute atomic E-state index is 5.71. The van der Waals surface area contributed by atoms with Crippen LogP contribution in [-0.4, -0.2) is 13.2 Å². The lowest BCUT2D eigenvalue weighted by molar-refractivity contribution is 0.285. The Morgan fingerprint density at radius 1 is 1.43 bits per heavy atom. The highest BCUT2D eigenvalue weighted by atomic mass is 16.5. The number of rotatable bonds is 2. The van der Waals surface area contributed by atoms with Crippen molar-refractivity contribution in [3.8, 4) is 5.75 Å². The van der Waals surface area contributed by atoms with Crippen LogP contribution in [0.1, 0.15) is 23.1 Å². The van der Waals surface area contributed by atoms with Gasteiger partial charge in [0.1, 0.15) is 5.75 Å². The summed E-state index contributed by atoms with van der Waals surface area (Å²) in [6.45, 7) is 3.68. The lowest BCUT2D eigenvalue weighted by Gasteiger charge is -2.21. The van der Waals surface area contributed by atoms with Crippen LogP contribution in [0.2, 0.25) is 0 Å². The second-order valence-electron chi connectivity index (χ2n) is 3.90. The van der Waals surface area contributed by atoms with E-state index in [1.807, 2.05) is 0 Å². The number of hydrogen-bond acceptors (Lipinski definition) is 2. The monoisotopic (exact) mass is 191 g/mol. The van der Waals surface area contributed by atoms with Crippen LogP contribution in [0.3, 0.4) is 0 Å². The first-order chi connectivity index (χ1) is 6.81. The minimum absolute atomic E-state index is 0.694. The quantitative estimate of drug-likeness (QED) is 0.774. The molecule has 76 valence electrons. The molecule has 1 aromatic rings. The zero-order valence-corrected chi connectivity index (χ0v) is 8.68. The molecule has 0 aliphatic carbocycles. The number of ether oxygens (including phenoxy) is 1. The van der Waals surface area contributed by atoms with Gasteiger partial charge in [-0.1, -0.05) is 17.7 Å². The summed E-state index contributed by atoms with van der Waals surface area (Å²) < 4.78 is 5.71. The highest BCUT2D eigenvalue weighted by Crippen LogP contribution is 2.30. The van der Waals surface area contributed by atoms with E-state index < -0.39 is 0 Å². The topological polar surface area (TPSA) is 35.2 Å². The standard InChI is InChI=1S/C12H17NO/c1-9-7-10-3-2-6-14-12(10)11(8-9)4-5-13/h7-8H,2-6,13H2,1H3. The molecule has 0 bridgehead atoms. The summed E-state index contributed by atoms with van der Waals surface area (Å²) in [6, 6.07) is 4.42. The van der Waals surface area contributed by atoms with Crippen LogP contribution in [0.4, 0.5) is 0 Å². The van der Waals surface area contributed by atoms with E-state index in [0.717, 1.165) is 31.6 Å². The van der Waals surface area contributed by atoms with Gasteiger partial charge in [-0.25, -0.2) is 0 Å². The fraction of sp³-hybridized carbons (Fsp3) is 0.500. The van der Waals surface area contributed by atoms with Gasteiger partial charge < -0.3 is 10.5 Å². The third-order valence-electron chi connectivity index (χ3n) is 2.64. The minimum Gasteiger partial charge on any atom is -0.493 e. The van der Waals surface area contributed by atoms with E-state index in [1.165, 1.54) is 16.7 Å². The Labute approximate surface area is 85.1 Å².